The van der Waals surface area contributed by atoms with Crippen LogP contribution in [0.2, 0.25) is 0 Å². The van der Waals surface area contributed by atoms with Crippen LogP contribution in [0.3, 0.4) is 0 Å². The Kier molecular flexibility index (Phi) is 6.17. The number of piperidine rings is 1. The molecular formula is C24H25NO6S. The van der Waals surface area contributed by atoms with Gasteiger partial charge in [-0.1, -0.05) is 24.6 Å². The fourth-order valence-electron chi connectivity index (χ4n) is 3.93. The van der Waals surface area contributed by atoms with Crippen LogP contribution in [0.5, 0.6) is 0 Å². The summed E-state index contributed by atoms with van der Waals surface area (Å²) in [4.78, 5) is 24.7. The van der Waals surface area contributed by atoms with Crippen LogP contribution in [0.15, 0.2) is 56.6 Å². The highest BCUT2D eigenvalue weighted by atomic mass is 32.2. The van der Waals surface area contributed by atoms with E-state index in [0.29, 0.717) is 35.2 Å². The summed E-state index contributed by atoms with van der Waals surface area (Å²) in [5.74, 6) is -0.659. The number of fused-ring (bicyclic) bond motifs is 1. The Labute approximate surface area is 186 Å². The summed E-state index contributed by atoms with van der Waals surface area (Å²) in [6.07, 6.45) is 2.68. The Morgan fingerprint density at radius 1 is 1.03 bits per heavy atom. The number of carbonyl (C=O) groups is 1. The SMILES string of the molecule is Cc1ccc2c(COC(=O)c3ccc(C)c(S(=O)(=O)N4CCCCC4)c3)cc(=O)oc2c1. The molecule has 1 saturated heterocycles. The Morgan fingerprint density at radius 2 is 1.78 bits per heavy atom. The number of hydrogen-bond donors (Lipinski definition) is 0. The van der Waals surface area contributed by atoms with Crippen molar-refractivity contribution >= 4 is 27.0 Å². The molecule has 0 bridgehead atoms. The summed E-state index contributed by atoms with van der Waals surface area (Å²) >= 11 is 0. The van der Waals surface area contributed by atoms with Crippen molar-refractivity contribution in [3.05, 3.63) is 75.1 Å². The highest BCUT2D eigenvalue weighted by Crippen LogP contribution is 2.25. The van der Waals surface area contributed by atoms with Gasteiger partial charge >= 0.3 is 11.6 Å². The Balaban J connectivity index is 1.58. The van der Waals surface area contributed by atoms with Gasteiger partial charge in [0.05, 0.1) is 10.5 Å². The van der Waals surface area contributed by atoms with E-state index in [1.165, 1.54) is 16.4 Å². The monoisotopic (exact) mass is 455 g/mol. The topological polar surface area (TPSA) is 93.9 Å². The minimum Gasteiger partial charge on any atom is -0.457 e. The van der Waals surface area contributed by atoms with E-state index in [0.717, 1.165) is 24.8 Å². The van der Waals surface area contributed by atoms with E-state index in [2.05, 4.69) is 0 Å². The van der Waals surface area contributed by atoms with Gasteiger partial charge in [0, 0.05) is 30.1 Å². The molecule has 0 unspecified atom stereocenters. The largest absolute Gasteiger partial charge is 0.457 e. The summed E-state index contributed by atoms with van der Waals surface area (Å²) in [6, 6.07) is 11.3. The van der Waals surface area contributed by atoms with Crippen LogP contribution in [0.4, 0.5) is 0 Å². The number of sulfonamides is 1. The van der Waals surface area contributed by atoms with Gasteiger partial charge in [0.1, 0.15) is 12.2 Å². The quantitative estimate of drug-likeness (QED) is 0.427. The molecule has 168 valence electrons. The second-order valence-electron chi connectivity index (χ2n) is 8.11. The molecule has 7 nitrogen and oxygen atoms in total. The lowest BCUT2D eigenvalue weighted by molar-refractivity contribution is 0.0473. The molecule has 0 atom stereocenters. The van der Waals surface area contributed by atoms with Crippen LogP contribution in [-0.2, 0) is 21.4 Å². The molecule has 0 radical (unpaired) electrons. The summed E-state index contributed by atoms with van der Waals surface area (Å²) in [5, 5.41) is 0.681. The fraction of sp³-hybridized carbons (Fsp3) is 0.333. The van der Waals surface area contributed by atoms with E-state index >= 15 is 0 Å². The fourth-order valence-corrected chi connectivity index (χ4v) is 5.70. The number of carbonyl (C=O) groups excluding carboxylic acids is 1. The molecule has 4 rings (SSSR count). The van der Waals surface area contributed by atoms with Crippen LogP contribution >= 0.6 is 0 Å². The minimum atomic E-state index is -3.68. The van der Waals surface area contributed by atoms with Gasteiger partial charge in [-0.05, 0) is 56.0 Å². The average molecular weight is 456 g/mol. The van der Waals surface area contributed by atoms with Crippen molar-refractivity contribution in [2.45, 2.75) is 44.6 Å². The van der Waals surface area contributed by atoms with E-state index in [4.69, 9.17) is 9.15 Å². The lowest BCUT2D eigenvalue weighted by atomic mass is 10.1. The van der Waals surface area contributed by atoms with Crippen molar-refractivity contribution in [1.82, 2.24) is 4.31 Å². The molecule has 32 heavy (non-hydrogen) atoms. The van der Waals surface area contributed by atoms with E-state index in [9.17, 15) is 18.0 Å². The average Bonchev–Trinajstić information content (AvgIpc) is 2.77. The predicted molar refractivity (Wildman–Crippen MR) is 120 cm³/mol. The molecule has 0 saturated carbocycles. The Bertz CT molecular complexity index is 1340. The zero-order chi connectivity index (χ0) is 22.9. The highest BCUT2D eigenvalue weighted by molar-refractivity contribution is 7.89. The molecule has 8 heteroatoms. The lowest BCUT2D eigenvalue weighted by Gasteiger charge is -2.26. The molecule has 1 aromatic heterocycles. The molecule has 1 aliphatic rings. The van der Waals surface area contributed by atoms with E-state index in [-0.39, 0.29) is 17.1 Å². The molecular weight excluding hydrogens is 430 g/mol. The molecule has 0 spiro atoms. The first-order valence-corrected chi connectivity index (χ1v) is 12.0. The normalized spacial score (nSPS) is 15.1. The van der Waals surface area contributed by atoms with Crippen molar-refractivity contribution in [3.63, 3.8) is 0 Å². The number of esters is 1. The highest BCUT2D eigenvalue weighted by Gasteiger charge is 2.28. The maximum absolute atomic E-state index is 13.1. The van der Waals surface area contributed by atoms with Crippen LogP contribution in [-0.4, -0.2) is 31.8 Å². The van der Waals surface area contributed by atoms with Gasteiger partial charge in [-0.15, -0.1) is 0 Å². The Morgan fingerprint density at radius 3 is 2.53 bits per heavy atom. The predicted octanol–water partition coefficient (Wildman–Crippen LogP) is 3.94. The first kappa shape index (κ1) is 22.2. The van der Waals surface area contributed by atoms with Gasteiger partial charge in [-0.25, -0.2) is 18.0 Å². The van der Waals surface area contributed by atoms with Crippen LogP contribution in [0.1, 0.15) is 46.3 Å². The van der Waals surface area contributed by atoms with Crippen molar-refractivity contribution in [2.75, 3.05) is 13.1 Å². The number of hydrogen-bond acceptors (Lipinski definition) is 6. The van der Waals surface area contributed by atoms with Gasteiger partial charge in [-0.2, -0.15) is 4.31 Å². The Hall–Kier alpha value is -2.97. The maximum atomic E-state index is 13.1. The van der Waals surface area contributed by atoms with Crippen molar-refractivity contribution in [1.29, 1.82) is 0 Å². The molecule has 1 fully saturated rings. The third-order valence-electron chi connectivity index (χ3n) is 5.70. The van der Waals surface area contributed by atoms with Crippen LogP contribution in [0, 0.1) is 13.8 Å². The third-order valence-corrected chi connectivity index (χ3v) is 7.74. The van der Waals surface area contributed by atoms with Gasteiger partial charge in [0.2, 0.25) is 10.0 Å². The number of nitrogens with zero attached hydrogens (tertiary/aromatic N) is 1. The molecule has 1 aliphatic heterocycles. The summed E-state index contributed by atoms with van der Waals surface area (Å²) in [5.41, 5.74) is 2.09. The summed E-state index contributed by atoms with van der Waals surface area (Å²) < 4.78 is 38.3. The summed E-state index contributed by atoms with van der Waals surface area (Å²) in [6.45, 7) is 4.44. The van der Waals surface area contributed by atoms with Gasteiger partial charge in [0.15, 0.2) is 0 Å². The van der Waals surface area contributed by atoms with E-state index in [1.54, 1.807) is 25.1 Å². The third kappa shape index (κ3) is 4.47. The molecule has 0 amide bonds. The second kappa shape index (κ2) is 8.88. The molecule has 3 aromatic rings. The lowest BCUT2D eigenvalue weighted by Crippen LogP contribution is -2.36. The number of aryl methyl sites for hydroxylation is 2. The van der Waals surface area contributed by atoms with Crippen LogP contribution in [0.25, 0.3) is 11.0 Å². The minimum absolute atomic E-state index is 0.120. The van der Waals surface area contributed by atoms with Crippen molar-refractivity contribution < 1.29 is 22.4 Å². The first-order valence-electron chi connectivity index (χ1n) is 10.6. The number of ether oxygens (including phenoxy) is 1. The number of rotatable bonds is 5. The van der Waals surface area contributed by atoms with E-state index < -0.39 is 21.6 Å². The molecule has 0 N–H and O–H groups in total. The molecule has 0 aliphatic carbocycles. The van der Waals surface area contributed by atoms with Gasteiger partial charge < -0.3 is 9.15 Å². The zero-order valence-electron chi connectivity index (χ0n) is 18.1. The van der Waals surface area contributed by atoms with Gasteiger partial charge in [-0.3, -0.25) is 0 Å². The smallest absolute Gasteiger partial charge is 0.338 e. The van der Waals surface area contributed by atoms with Crippen molar-refractivity contribution in [2.24, 2.45) is 0 Å². The maximum Gasteiger partial charge on any atom is 0.338 e. The second-order valence-corrected chi connectivity index (χ2v) is 10.0. The standard InChI is InChI=1S/C24H25NO6S/c1-16-6-9-20-19(14-23(26)31-21(20)12-16)15-30-24(27)18-8-7-17(2)22(13-18)32(28,29)25-10-4-3-5-11-25/h6-9,12-14H,3-5,10-11,15H2,1-2H3. The van der Waals surface area contributed by atoms with E-state index in [1.807, 2.05) is 19.1 Å². The zero-order valence-corrected chi connectivity index (χ0v) is 18.9. The van der Waals surface area contributed by atoms with Crippen molar-refractivity contribution in [3.8, 4) is 0 Å². The first-order chi connectivity index (χ1) is 15.3. The van der Waals surface area contributed by atoms with Crippen LogP contribution < -0.4 is 5.63 Å². The molecule has 2 heterocycles. The number of benzene rings is 2. The summed E-state index contributed by atoms with van der Waals surface area (Å²) in [7, 11) is -3.68. The van der Waals surface area contributed by atoms with Gasteiger partial charge in [0.25, 0.3) is 0 Å². The molecule has 2 aromatic carbocycles.